The molecule has 0 aliphatic carbocycles. The van der Waals surface area contributed by atoms with Crippen molar-refractivity contribution in [3.63, 3.8) is 0 Å². The molecule has 6 nitrogen and oxygen atoms in total. The second-order valence-electron chi connectivity index (χ2n) is 7.92. The Hall–Kier alpha value is -2.57. The molecule has 1 fully saturated rings. The van der Waals surface area contributed by atoms with E-state index in [1.54, 1.807) is 37.3 Å². The summed E-state index contributed by atoms with van der Waals surface area (Å²) in [6.07, 6.45) is 1.85. The minimum absolute atomic E-state index is 0.0565. The van der Waals surface area contributed by atoms with Gasteiger partial charge in [0.25, 0.3) is 0 Å². The highest BCUT2D eigenvalue weighted by atomic mass is 35.5. The Kier molecular flexibility index (Phi) is 8.15. The molecule has 1 atom stereocenters. The van der Waals surface area contributed by atoms with Crippen molar-refractivity contribution in [1.82, 2.24) is 0 Å². The zero-order valence-electron chi connectivity index (χ0n) is 18.8. The van der Waals surface area contributed by atoms with Gasteiger partial charge >= 0.3 is 5.97 Å². The van der Waals surface area contributed by atoms with Crippen LogP contribution in [0.4, 0.5) is 5.69 Å². The lowest BCUT2D eigenvalue weighted by Gasteiger charge is -2.36. The van der Waals surface area contributed by atoms with Crippen molar-refractivity contribution in [3.05, 3.63) is 58.6 Å². The molecule has 7 heteroatoms. The molecule has 172 valence electrons. The smallest absolute Gasteiger partial charge is 0.341 e. The molecular weight excluding hydrogens is 430 g/mol. The molecule has 0 aromatic heterocycles. The standard InChI is InChI=1S/C25H30ClNO5/c1-4-17(3)32-22-11-10-20(16-21(22)23(28)31-5-2)27-24(29)25(12-14-30-15-13-25)18-6-8-19(26)9-7-18/h6-11,16-17H,4-5,12-15H2,1-3H3,(H,27,29)/t17-/m0/s1. The third kappa shape index (κ3) is 5.43. The van der Waals surface area contributed by atoms with Gasteiger partial charge in [0.05, 0.1) is 18.1 Å². The molecule has 0 radical (unpaired) electrons. The zero-order chi connectivity index (χ0) is 23.1. The second kappa shape index (κ2) is 10.8. The number of benzene rings is 2. The van der Waals surface area contributed by atoms with Crippen molar-refractivity contribution < 1.29 is 23.8 Å². The van der Waals surface area contributed by atoms with E-state index < -0.39 is 11.4 Å². The zero-order valence-corrected chi connectivity index (χ0v) is 19.5. The summed E-state index contributed by atoms with van der Waals surface area (Å²) < 4.78 is 16.6. The third-order valence-corrected chi connectivity index (χ3v) is 6.07. The quantitative estimate of drug-likeness (QED) is 0.536. The van der Waals surface area contributed by atoms with E-state index in [0.717, 1.165) is 12.0 Å². The first kappa shape index (κ1) is 24.1. The number of ether oxygens (including phenoxy) is 3. The largest absolute Gasteiger partial charge is 0.490 e. The lowest BCUT2D eigenvalue weighted by Crippen LogP contribution is -2.44. The fourth-order valence-corrected chi connectivity index (χ4v) is 3.89. The maximum absolute atomic E-state index is 13.5. The Morgan fingerprint density at radius 1 is 1.12 bits per heavy atom. The van der Waals surface area contributed by atoms with Crippen LogP contribution in [-0.2, 0) is 19.7 Å². The molecule has 1 aliphatic heterocycles. The molecule has 2 aromatic carbocycles. The van der Waals surface area contributed by atoms with Gasteiger partial charge in [-0.25, -0.2) is 4.79 Å². The number of hydrogen-bond acceptors (Lipinski definition) is 5. The predicted octanol–water partition coefficient (Wildman–Crippen LogP) is 5.38. The summed E-state index contributed by atoms with van der Waals surface area (Å²) in [7, 11) is 0. The maximum Gasteiger partial charge on any atom is 0.341 e. The number of anilines is 1. The molecule has 0 saturated carbocycles. The third-order valence-electron chi connectivity index (χ3n) is 5.81. The molecule has 3 rings (SSSR count). The number of rotatable bonds is 8. The molecule has 2 aromatic rings. The van der Waals surface area contributed by atoms with Crippen LogP contribution in [0.1, 0.15) is 56.0 Å². The van der Waals surface area contributed by atoms with Gasteiger partial charge < -0.3 is 19.5 Å². The van der Waals surface area contributed by atoms with Gasteiger partial charge in [-0.3, -0.25) is 4.79 Å². The maximum atomic E-state index is 13.5. The number of carbonyl (C=O) groups is 2. The van der Waals surface area contributed by atoms with Gasteiger partial charge in [-0.15, -0.1) is 0 Å². The number of amides is 1. The summed E-state index contributed by atoms with van der Waals surface area (Å²) >= 11 is 6.06. The first-order valence-electron chi connectivity index (χ1n) is 11.0. The SMILES string of the molecule is CCOC(=O)c1cc(NC(=O)C2(c3ccc(Cl)cc3)CCOCC2)ccc1O[C@@H](C)CC. The van der Waals surface area contributed by atoms with E-state index in [2.05, 4.69) is 5.32 Å². The van der Waals surface area contributed by atoms with Crippen LogP contribution >= 0.6 is 11.6 Å². The van der Waals surface area contributed by atoms with Gasteiger partial charge in [-0.05, 0) is 69.0 Å². The van der Waals surface area contributed by atoms with E-state index in [4.69, 9.17) is 25.8 Å². The fraction of sp³-hybridized carbons (Fsp3) is 0.440. The summed E-state index contributed by atoms with van der Waals surface area (Å²) in [4.78, 5) is 26.1. The summed E-state index contributed by atoms with van der Waals surface area (Å²) in [5.41, 5.74) is 0.954. The van der Waals surface area contributed by atoms with Gasteiger partial charge in [-0.1, -0.05) is 30.7 Å². The Bertz CT molecular complexity index is 938. The van der Waals surface area contributed by atoms with E-state index in [1.165, 1.54) is 0 Å². The lowest BCUT2D eigenvalue weighted by atomic mass is 9.73. The molecule has 1 saturated heterocycles. The summed E-state index contributed by atoms with van der Waals surface area (Å²) in [5, 5.41) is 3.62. The van der Waals surface area contributed by atoms with E-state index in [-0.39, 0.29) is 24.2 Å². The number of hydrogen-bond donors (Lipinski definition) is 1. The second-order valence-corrected chi connectivity index (χ2v) is 8.36. The van der Waals surface area contributed by atoms with Crippen LogP contribution in [0, 0.1) is 0 Å². The summed E-state index contributed by atoms with van der Waals surface area (Å²) in [6, 6.07) is 12.4. The van der Waals surface area contributed by atoms with Crippen LogP contribution in [0.3, 0.4) is 0 Å². The molecular formula is C25H30ClNO5. The molecule has 32 heavy (non-hydrogen) atoms. The highest BCUT2D eigenvalue weighted by Gasteiger charge is 2.41. The average Bonchev–Trinajstić information content (AvgIpc) is 2.80. The van der Waals surface area contributed by atoms with Crippen LogP contribution in [0.5, 0.6) is 5.75 Å². The highest BCUT2D eigenvalue weighted by molar-refractivity contribution is 6.30. The van der Waals surface area contributed by atoms with E-state index in [9.17, 15) is 9.59 Å². The molecule has 1 N–H and O–H groups in total. The Balaban J connectivity index is 1.91. The van der Waals surface area contributed by atoms with Gasteiger partial charge in [0.15, 0.2) is 0 Å². The topological polar surface area (TPSA) is 73.9 Å². The van der Waals surface area contributed by atoms with Crippen LogP contribution in [0.25, 0.3) is 0 Å². The van der Waals surface area contributed by atoms with Gasteiger partial charge in [0.2, 0.25) is 5.91 Å². The van der Waals surface area contributed by atoms with Gasteiger partial charge in [0.1, 0.15) is 11.3 Å². The normalized spacial score (nSPS) is 16.1. The predicted molar refractivity (Wildman–Crippen MR) is 125 cm³/mol. The number of esters is 1. The monoisotopic (exact) mass is 459 g/mol. The first-order chi connectivity index (χ1) is 15.4. The van der Waals surface area contributed by atoms with Gasteiger partial charge in [-0.2, -0.15) is 0 Å². The average molecular weight is 460 g/mol. The van der Waals surface area contributed by atoms with Crippen molar-refractivity contribution >= 4 is 29.2 Å². The van der Waals surface area contributed by atoms with Crippen molar-refractivity contribution in [1.29, 1.82) is 0 Å². The van der Waals surface area contributed by atoms with Crippen LogP contribution in [0.15, 0.2) is 42.5 Å². The summed E-state index contributed by atoms with van der Waals surface area (Å²) in [5.74, 6) is -0.191. The summed E-state index contributed by atoms with van der Waals surface area (Å²) in [6.45, 7) is 6.92. The van der Waals surface area contributed by atoms with Crippen molar-refractivity contribution in [2.24, 2.45) is 0 Å². The van der Waals surface area contributed by atoms with E-state index in [1.807, 2.05) is 26.0 Å². The molecule has 0 bridgehead atoms. The highest BCUT2D eigenvalue weighted by Crippen LogP contribution is 2.37. The number of halogens is 1. The fourth-order valence-electron chi connectivity index (χ4n) is 3.77. The number of carbonyl (C=O) groups excluding carboxylic acids is 2. The minimum atomic E-state index is -0.737. The molecule has 0 unspecified atom stereocenters. The van der Waals surface area contributed by atoms with E-state index >= 15 is 0 Å². The molecule has 1 amide bonds. The van der Waals surface area contributed by atoms with Crippen LogP contribution in [0.2, 0.25) is 5.02 Å². The minimum Gasteiger partial charge on any atom is -0.490 e. The van der Waals surface area contributed by atoms with Crippen molar-refractivity contribution in [3.8, 4) is 5.75 Å². The van der Waals surface area contributed by atoms with E-state index in [0.29, 0.717) is 42.5 Å². The number of nitrogens with one attached hydrogen (secondary N) is 1. The van der Waals surface area contributed by atoms with Gasteiger partial charge in [0, 0.05) is 23.9 Å². The van der Waals surface area contributed by atoms with Crippen LogP contribution < -0.4 is 10.1 Å². The first-order valence-corrected chi connectivity index (χ1v) is 11.4. The molecule has 1 aliphatic rings. The molecule has 1 heterocycles. The van der Waals surface area contributed by atoms with Crippen LogP contribution in [-0.4, -0.2) is 37.8 Å². The molecule has 0 spiro atoms. The Labute approximate surface area is 194 Å². The lowest BCUT2D eigenvalue weighted by molar-refractivity contribution is -0.125. The van der Waals surface area contributed by atoms with Crippen molar-refractivity contribution in [2.75, 3.05) is 25.1 Å². The Morgan fingerprint density at radius 3 is 2.44 bits per heavy atom. The van der Waals surface area contributed by atoms with Crippen molar-refractivity contribution in [2.45, 2.75) is 51.6 Å². The Morgan fingerprint density at radius 2 is 1.81 bits per heavy atom.